The Morgan fingerprint density at radius 3 is 2.79 bits per heavy atom. The molecule has 0 N–H and O–H groups in total. The molecule has 0 spiro atoms. The molecule has 3 aromatic heterocycles. The van der Waals surface area contributed by atoms with Crippen LogP contribution in [0.5, 0.6) is 0 Å². The van der Waals surface area contributed by atoms with Crippen molar-refractivity contribution in [3.8, 4) is 11.4 Å². The second-order valence-corrected chi connectivity index (χ2v) is 8.06. The lowest BCUT2D eigenvalue weighted by molar-refractivity contribution is 0.151. The summed E-state index contributed by atoms with van der Waals surface area (Å²) in [5.41, 5.74) is 2.37. The maximum Gasteiger partial charge on any atom is 0.289 e. The van der Waals surface area contributed by atoms with Crippen LogP contribution in [-0.2, 0) is 13.0 Å². The van der Waals surface area contributed by atoms with Gasteiger partial charge in [-0.05, 0) is 42.5 Å². The van der Waals surface area contributed by atoms with Crippen LogP contribution in [0.3, 0.4) is 0 Å². The molecule has 28 heavy (non-hydrogen) atoms. The van der Waals surface area contributed by atoms with E-state index in [1.807, 2.05) is 28.9 Å². The van der Waals surface area contributed by atoms with Gasteiger partial charge in [-0.1, -0.05) is 12.1 Å². The smallest absolute Gasteiger partial charge is 0.264 e. The third kappa shape index (κ3) is 3.40. The van der Waals surface area contributed by atoms with Crippen molar-refractivity contribution in [1.29, 1.82) is 0 Å². The Morgan fingerprint density at radius 2 is 2.04 bits per heavy atom. The molecule has 0 bridgehead atoms. The summed E-state index contributed by atoms with van der Waals surface area (Å²) in [6.07, 6.45) is 4.24. The molecule has 1 aliphatic carbocycles. The molecule has 8 heteroatoms. The number of rotatable bonds is 6. The summed E-state index contributed by atoms with van der Waals surface area (Å²) in [6, 6.07) is 9.36. The number of thiazole rings is 1. The Kier molecular flexibility index (Phi) is 4.35. The van der Waals surface area contributed by atoms with Gasteiger partial charge in [0, 0.05) is 24.4 Å². The van der Waals surface area contributed by atoms with Gasteiger partial charge in [0.15, 0.2) is 16.7 Å². The highest BCUT2D eigenvalue weighted by Crippen LogP contribution is 2.37. The monoisotopic (exact) mass is 397 g/mol. The van der Waals surface area contributed by atoms with Gasteiger partial charge in [0.2, 0.25) is 0 Å². The lowest BCUT2D eigenvalue weighted by atomic mass is 10.2. The van der Waals surface area contributed by atoms with Gasteiger partial charge in [0.05, 0.1) is 16.8 Å². The summed E-state index contributed by atoms with van der Waals surface area (Å²) in [5, 5.41) is 4.56. The van der Waals surface area contributed by atoms with Gasteiger partial charge >= 0.3 is 0 Å². The molecule has 1 aliphatic rings. The van der Waals surface area contributed by atoms with Crippen molar-refractivity contribution in [3.63, 3.8) is 0 Å². The normalized spacial score (nSPS) is 14.2. The molecule has 0 amide bonds. The number of pyridine rings is 1. The maximum atomic E-state index is 13.2. The van der Waals surface area contributed by atoms with Crippen molar-refractivity contribution in [2.24, 2.45) is 5.92 Å². The van der Waals surface area contributed by atoms with Gasteiger partial charge in [0.1, 0.15) is 0 Å². The number of nitrogens with zero attached hydrogens (tertiary/aromatic N) is 5. The van der Waals surface area contributed by atoms with E-state index in [2.05, 4.69) is 9.97 Å². The van der Waals surface area contributed by atoms with Crippen molar-refractivity contribution >= 4 is 21.6 Å². The lowest BCUT2D eigenvalue weighted by Crippen LogP contribution is -2.05. The van der Waals surface area contributed by atoms with Crippen molar-refractivity contribution in [2.45, 2.75) is 32.2 Å². The van der Waals surface area contributed by atoms with Crippen molar-refractivity contribution in [3.05, 3.63) is 59.1 Å². The first-order valence-corrected chi connectivity index (χ1v) is 9.99. The summed E-state index contributed by atoms with van der Waals surface area (Å²) < 4.78 is 28.9. The Morgan fingerprint density at radius 1 is 1.14 bits per heavy atom. The number of fused-ring (bicyclic) bond motifs is 1. The fourth-order valence-corrected chi connectivity index (χ4v) is 4.20. The lowest BCUT2D eigenvalue weighted by Gasteiger charge is -2.06. The van der Waals surface area contributed by atoms with Crippen LogP contribution < -0.4 is 0 Å². The van der Waals surface area contributed by atoms with Crippen LogP contribution in [0.4, 0.5) is 8.78 Å². The summed E-state index contributed by atoms with van der Waals surface area (Å²) in [4.78, 5) is 13.0. The maximum absolute atomic E-state index is 13.2. The summed E-state index contributed by atoms with van der Waals surface area (Å²) in [6.45, 7) is 0.526. The standard InChI is InChI=1S/C20H17F2N5S/c21-18(22)20-24-15-5-1-4-14(17(15)28-20)19-25-16(9-12-6-7-12)26-27(19)11-13-3-2-8-23-10-13/h1-5,8,10,12,18H,6-7,9,11H2. The molecule has 1 saturated carbocycles. The molecule has 0 radical (unpaired) electrons. The molecule has 1 fully saturated rings. The Labute approximate surface area is 164 Å². The van der Waals surface area contributed by atoms with E-state index in [9.17, 15) is 8.78 Å². The van der Waals surface area contributed by atoms with E-state index >= 15 is 0 Å². The van der Waals surface area contributed by atoms with Gasteiger partial charge in [-0.3, -0.25) is 4.98 Å². The van der Waals surface area contributed by atoms with Gasteiger partial charge in [0.25, 0.3) is 6.43 Å². The number of aromatic nitrogens is 5. The zero-order valence-corrected chi connectivity index (χ0v) is 15.7. The van der Waals surface area contributed by atoms with Crippen molar-refractivity contribution < 1.29 is 8.78 Å². The minimum Gasteiger partial charge on any atom is -0.264 e. The minimum absolute atomic E-state index is 0.168. The highest BCUT2D eigenvalue weighted by Gasteiger charge is 2.25. The third-order valence-electron chi connectivity index (χ3n) is 4.80. The molecule has 0 atom stereocenters. The number of hydrogen-bond donors (Lipinski definition) is 0. The third-order valence-corrected chi connectivity index (χ3v) is 5.91. The summed E-state index contributed by atoms with van der Waals surface area (Å²) >= 11 is 1.02. The molecular weight excluding hydrogens is 380 g/mol. The zero-order valence-electron chi connectivity index (χ0n) is 14.9. The molecule has 4 aromatic rings. The van der Waals surface area contributed by atoms with Gasteiger partial charge in [-0.2, -0.15) is 5.10 Å². The average molecular weight is 397 g/mol. The second kappa shape index (κ2) is 7.01. The van der Waals surface area contributed by atoms with E-state index in [-0.39, 0.29) is 5.01 Å². The van der Waals surface area contributed by atoms with E-state index < -0.39 is 6.43 Å². The molecule has 0 unspecified atom stereocenters. The van der Waals surface area contributed by atoms with Crippen LogP contribution in [0.15, 0.2) is 42.7 Å². The van der Waals surface area contributed by atoms with Crippen LogP contribution in [0.1, 0.15) is 35.7 Å². The first kappa shape index (κ1) is 17.4. The number of benzene rings is 1. The van der Waals surface area contributed by atoms with Crippen LogP contribution in [-0.4, -0.2) is 24.7 Å². The van der Waals surface area contributed by atoms with E-state index in [0.29, 0.717) is 23.8 Å². The van der Waals surface area contributed by atoms with Crippen LogP contribution in [0.25, 0.3) is 21.6 Å². The predicted octanol–water partition coefficient (Wildman–Crippen LogP) is 4.89. The molecule has 5 nitrogen and oxygen atoms in total. The van der Waals surface area contributed by atoms with Crippen molar-refractivity contribution in [2.75, 3.05) is 0 Å². The van der Waals surface area contributed by atoms with Crippen LogP contribution >= 0.6 is 11.3 Å². The molecule has 0 saturated heterocycles. The average Bonchev–Trinajstić information content (AvgIpc) is 3.25. The molecule has 5 rings (SSSR count). The summed E-state index contributed by atoms with van der Waals surface area (Å²) in [7, 11) is 0. The molecule has 3 heterocycles. The van der Waals surface area contributed by atoms with Crippen LogP contribution in [0.2, 0.25) is 0 Å². The summed E-state index contributed by atoms with van der Waals surface area (Å²) in [5.74, 6) is 2.15. The van der Waals surface area contributed by atoms with E-state index in [1.165, 1.54) is 12.8 Å². The first-order chi connectivity index (χ1) is 13.7. The van der Waals surface area contributed by atoms with Gasteiger partial charge in [-0.15, -0.1) is 11.3 Å². The molecular formula is C20H17F2N5S. The van der Waals surface area contributed by atoms with E-state index in [4.69, 9.17) is 10.1 Å². The number of alkyl halides is 2. The molecule has 142 valence electrons. The van der Waals surface area contributed by atoms with Crippen LogP contribution in [0, 0.1) is 5.92 Å². The molecule has 0 aliphatic heterocycles. The van der Waals surface area contributed by atoms with E-state index in [1.54, 1.807) is 18.5 Å². The Bertz CT molecular complexity index is 1120. The highest BCUT2D eigenvalue weighted by molar-refractivity contribution is 7.19. The fourth-order valence-electron chi connectivity index (χ4n) is 3.27. The fraction of sp³-hybridized carbons (Fsp3) is 0.300. The predicted molar refractivity (Wildman–Crippen MR) is 103 cm³/mol. The quantitative estimate of drug-likeness (QED) is 0.465. The van der Waals surface area contributed by atoms with E-state index in [0.717, 1.165) is 39.4 Å². The molecule has 1 aromatic carbocycles. The Balaban J connectivity index is 1.61. The first-order valence-electron chi connectivity index (χ1n) is 9.18. The van der Waals surface area contributed by atoms with Gasteiger partial charge in [-0.25, -0.2) is 23.4 Å². The topological polar surface area (TPSA) is 56.5 Å². The number of hydrogen-bond acceptors (Lipinski definition) is 5. The van der Waals surface area contributed by atoms with Crippen molar-refractivity contribution in [1.82, 2.24) is 24.7 Å². The minimum atomic E-state index is -2.58. The number of halogens is 2. The highest BCUT2D eigenvalue weighted by atomic mass is 32.1. The SMILES string of the molecule is FC(F)c1nc2cccc(-c3nc(CC4CC4)nn3Cc3cccnc3)c2s1. The van der Waals surface area contributed by atoms with Gasteiger partial charge < -0.3 is 0 Å². The zero-order chi connectivity index (χ0) is 19.1. The second-order valence-electron chi connectivity index (χ2n) is 7.02. The largest absolute Gasteiger partial charge is 0.289 e. The Hall–Kier alpha value is -2.74.